The molecule has 3 aromatic rings. The lowest BCUT2D eigenvalue weighted by atomic mass is 9.98. The number of benzene rings is 2. The van der Waals surface area contributed by atoms with Crippen molar-refractivity contribution in [2.24, 2.45) is 0 Å². The second-order valence-corrected chi connectivity index (χ2v) is 6.89. The Morgan fingerprint density at radius 1 is 1.10 bits per heavy atom. The first-order valence-corrected chi connectivity index (χ1v) is 9.38. The van der Waals surface area contributed by atoms with Crippen LogP contribution in [0, 0.1) is 18.6 Å². The summed E-state index contributed by atoms with van der Waals surface area (Å²) in [6, 6.07) is 12.1. The Hall–Kier alpha value is -3.81. The first-order chi connectivity index (χ1) is 14.8. The number of halogens is 2. The lowest BCUT2D eigenvalue weighted by molar-refractivity contribution is -0.137. The summed E-state index contributed by atoms with van der Waals surface area (Å²) >= 11 is 0. The number of rotatable bonds is 7. The molecule has 1 heterocycles. The molecule has 0 radical (unpaired) electrons. The Bertz CT molecular complexity index is 1110. The zero-order chi connectivity index (χ0) is 22.5. The molecule has 0 saturated carbocycles. The molecule has 160 valence electrons. The molecule has 0 saturated heterocycles. The zero-order valence-corrected chi connectivity index (χ0v) is 16.9. The van der Waals surface area contributed by atoms with E-state index in [1.54, 1.807) is 12.1 Å². The number of carboxylic acids is 1. The van der Waals surface area contributed by atoms with Gasteiger partial charge in [0.05, 0.1) is 19.6 Å². The second kappa shape index (κ2) is 9.34. The molecule has 0 aliphatic rings. The van der Waals surface area contributed by atoms with Crippen molar-refractivity contribution in [1.82, 2.24) is 10.3 Å². The van der Waals surface area contributed by atoms with Gasteiger partial charge >= 0.3 is 5.97 Å². The maximum atomic E-state index is 13.7. The van der Waals surface area contributed by atoms with E-state index in [4.69, 9.17) is 4.74 Å². The minimum Gasteiger partial charge on any atom is -0.494 e. The molecule has 0 fully saturated rings. The van der Waals surface area contributed by atoms with Gasteiger partial charge in [0.15, 0.2) is 0 Å². The molecule has 0 bridgehead atoms. The fourth-order valence-electron chi connectivity index (χ4n) is 3.26. The highest BCUT2D eigenvalue weighted by Gasteiger charge is 2.22. The van der Waals surface area contributed by atoms with Gasteiger partial charge in [0.1, 0.15) is 28.8 Å². The predicted octanol–water partition coefficient (Wildman–Crippen LogP) is 4.29. The minimum atomic E-state index is -1.08. The Labute approximate surface area is 177 Å². The summed E-state index contributed by atoms with van der Waals surface area (Å²) in [7, 11) is 1.37. The lowest BCUT2D eigenvalue weighted by Crippen LogP contribution is -2.31. The molecule has 1 amide bonds. The quantitative estimate of drug-likeness (QED) is 0.588. The van der Waals surface area contributed by atoms with Crippen molar-refractivity contribution >= 4 is 11.9 Å². The van der Waals surface area contributed by atoms with Crippen LogP contribution in [0.3, 0.4) is 0 Å². The first-order valence-electron chi connectivity index (χ1n) is 9.38. The molecule has 6 nitrogen and oxygen atoms in total. The third kappa shape index (κ3) is 5.22. The maximum Gasteiger partial charge on any atom is 0.305 e. The average molecular weight is 426 g/mol. The van der Waals surface area contributed by atoms with Gasteiger partial charge in [0.25, 0.3) is 5.91 Å². The molecular weight excluding hydrogens is 406 g/mol. The number of aromatic nitrogens is 1. The molecule has 0 aliphatic carbocycles. The van der Waals surface area contributed by atoms with Gasteiger partial charge in [-0.05, 0) is 42.3 Å². The van der Waals surface area contributed by atoms with Crippen molar-refractivity contribution in [2.75, 3.05) is 7.11 Å². The van der Waals surface area contributed by atoms with Gasteiger partial charge < -0.3 is 15.2 Å². The van der Waals surface area contributed by atoms with Gasteiger partial charge in [-0.15, -0.1) is 0 Å². The van der Waals surface area contributed by atoms with E-state index in [1.165, 1.54) is 19.2 Å². The van der Waals surface area contributed by atoms with Crippen molar-refractivity contribution < 1.29 is 28.2 Å². The molecule has 1 unspecified atom stereocenters. The van der Waals surface area contributed by atoms with Crippen molar-refractivity contribution in [1.29, 1.82) is 0 Å². The fraction of sp³-hybridized carbons (Fsp3) is 0.174. The molecule has 2 N–H and O–H groups in total. The number of pyridine rings is 1. The van der Waals surface area contributed by atoms with Gasteiger partial charge in [0.2, 0.25) is 0 Å². The van der Waals surface area contributed by atoms with Gasteiger partial charge in [0, 0.05) is 11.6 Å². The number of methoxy groups -OCH3 is 1. The van der Waals surface area contributed by atoms with Crippen LogP contribution in [0.4, 0.5) is 8.78 Å². The molecule has 1 atom stereocenters. The summed E-state index contributed by atoms with van der Waals surface area (Å²) in [5.41, 5.74) is 1.63. The van der Waals surface area contributed by atoms with E-state index in [9.17, 15) is 23.5 Å². The SMILES string of the molecule is COc1ccc(C(=O)NC(CC(=O)O)c2ccccc2C)nc1-c1cc(F)cc(F)c1. The maximum absolute atomic E-state index is 13.7. The van der Waals surface area contributed by atoms with E-state index < -0.39 is 29.6 Å². The normalized spacial score (nSPS) is 11.6. The number of carbonyl (C=O) groups is 2. The summed E-state index contributed by atoms with van der Waals surface area (Å²) in [5.74, 6) is -3.07. The van der Waals surface area contributed by atoms with Gasteiger partial charge in [-0.1, -0.05) is 24.3 Å². The van der Waals surface area contributed by atoms with Crippen LogP contribution in [0.1, 0.15) is 34.1 Å². The summed E-state index contributed by atoms with van der Waals surface area (Å²) < 4.78 is 32.6. The number of hydrogen-bond donors (Lipinski definition) is 2. The summed E-state index contributed by atoms with van der Waals surface area (Å²) in [5, 5.41) is 12.0. The average Bonchev–Trinajstić information content (AvgIpc) is 2.72. The highest BCUT2D eigenvalue weighted by atomic mass is 19.1. The monoisotopic (exact) mass is 426 g/mol. The number of nitrogens with zero attached hydrogens (tertiary/aromatic N) is 1. The van der Waals surface area contributed by atoms with Crippen molar-refractivity contribution in [3.05, 3.63) is 83.1 Å². The molecule has 3 rings (SSSR count). The Morgan fingerprint density at radius 3 is 2.39 bits per heavy atom. The van der Waals surface area contributed by atoms with Crippen LogP contribution in [-0.2, 0) is 4.79 Å². The smallest absolute Gasteiger partial charge is 0.305 e. The third-order valence-electron chi connectivity index (χ3n) is 4.69. The van der Waals surface area contributed by atoms with Gasteiger partial charge in [-0.25, -0.2) is 13.8 Å². The molecule has 0 aliphatic heterocycles. The van der Waals surface area contributed by atoms with Crippen LogP contribution < -0.4 is 10.1 Å². The minimum absolute atomic E-state index is 0.0514. The number of carboxylic acid groups (broad SMARTS) is 1. The lowest BCUT2D eigenvalue weighted by Gasteiger charge is -2.19. The fourth-order valence-corrected chi connectivity index (χ4v) is 3.26. The Balaban J connectivity index is 1.97. The van der Waals surface area contributed by atoms with Crippen LogP contribution >= 0.6 is 0 Å². The van der Waals surface area contributed by atoms with E-state index in [2.05, 4.69) is 10.3 Å². The summed E-state index contributed by atoms with van der Waals surface area (Å²) in [4.78, 5) is 28.5. The topological polar surface area (TPSA) is 88.5 Å². The molecule has 31 heavy (non-hydrogen) atoms. The Kier molecular flexibility index (Phi) is 6.59. The van der Waals surface area contributed by atoms with Gasteiger partial charge in [-0.3, -0.25) is 9.59 Å². The number of aliphatic carboxylic acids is 1. The number of carbonyl (C=O) groups excluding carboxylic acids is 1. The highest BCUT2D eigenvalue weighted by Crippen LogP contribution is 2.30. The van der Waals surface area contributed by atoms with Crippen molar-refractivity contribution in [3.63, 3.8) is 0 Å². The highest BCUT2D eigenvalue weighted by molar-refractivity contribution is 5.93. The number of hydrogen-bond acceptors (Lipinski definition) is 4. The molecule has 2 aromatic carbocycles. The van der Waals surface area contributed by atoms with Crippen LogP contribution in [0.15, 0.2) is 54.6 Å². The van der Waals surface area contributed by atoms with E-state index in [0.717, 1.165) is 23.8 Å². The number of ether oxygens (including phenoxy) is 1. The molecular formula is C23H20F2N2O4. The molecule has 1 aromatic heterocycles. The molecule has 8 heteroatoms. The van der Waals surface area contributed by atoms with Crippen LogP contribution in [0.25, 0.3) is 11.3 Å². The molecule has 0 spiro atoms. The number of aryl methyl sites for hydroxylation is 1. The van der Waals surface area contributed by atoms with E-state index in [-0.39, 0.29) is 29.1 Å². The first kappa shape index (κ1) is 21.9. The number of nitrogens with one attached hydrogen (secondary N) is 1. The number of amides is 1. The van der Waals surface area contributed by atoms with E-state index in [0.29, 0.717) is 5.56 Å². The van der Waals surface area contributed by atoms with Crippen LogP contribution in [0.2, 0.25) is 0 Å². The third-order valence-corrected chi connectivity index (χ3v) is 4.69. The van der Waals surface area contributed by atoms with Gasteiger partial charge in [-0.2, -0.15) is 0 Å². The van der Waals surface area contributed by atoms with Crippen molar-refractivity contribution in [2.45, 2.75) is 19.4 Å². The Morgan fingerprint density at radius 2 is 1.77 bits per heavy atom. The summed E-state index contributed by atoms with van der Waals surface area (Å²) in [6.45, 7) is 1.82. The standard InChI is InChI=1S/C23H20F2N2O4/c1-13-5-3-4-6-17(13)19(12-21(28)29)27-23(30)18-7-8-20(31-2)22(26-18)14-9-15(24)11-16(25)10-14/h3-11,19H,12H2,1-2H3,(H,27,30)(H,28,29). The summed E-state index contributed by atoms with van der Waals surface area (Å²) in [6.07, 6.45) is -0.325. The zero-order valence-electron chi connectivity index (χ0n) is 16.9. The van der Waals surface area contributed by atoms with E-state index >= 15 is 0 Å². The van der Waals surface area contributed by atoms with Crippen LogP contribution in [-0.4, -0.2) is 29.1 Å². The predicted molar refractivity (Wildman–Crippen MR) is 110 cm³/mol. The van der Waals surface area contributed by atoms with E-state index in [1.807, 2.05) is 19.1 Å². The van der Waals surface area contributed by atoms with Crippen LogP contribution in [0.5, 0.6) is 5.75 Å². The second-order valence-electron chi connectivity index (χ2n) is 6.89. The van der Waals surface area contributed by atoms with Crippen molar-refractivity contribution in [3.8, 4) is 17.0 Å². The largest absolute Gasteiger partial charge is 0.494 e.